The third-order valence-corrected chi connectivity index (χ3v) is 0. The van der Waals surface area contributed by atoms with Gasteiger partial charge in [0.2, 0.25) is 0 Å². The minimum atomic E-state index is 0. The summed E-state index contributed by atoms with van der Waals surface area (Å²) in [5.74, 6) is 0. The second-order valence-corrected chi connectivity index (χ2v) is 0. The molecule has 0 amide bonds. The summed E-state index contributed by atoms with van der Waals surface area (Å²) in [4.78, 5) is 0. The molecule has 0 saturated heterocycles. The molecule has 0 radical (unpaired) electrons. The summed E-state index contributed by atoms with van der Waals surface area (Å²) < 4.78 is 0. The minimum Gasteiger partial charge on any atom is -0.813 e. The molecule has 0 heterocycles. The van der Waals surface area contributed by atoms with E-state index in [1.54, 1.807) is 6.92 Å². The molecule has 2 heteroatoms. The third-order valence-electron chi connectivity index (χ3n) is 0. The maximum atomic E-state index is 3.25. The van der Waals surface area contributed by atoms with Gasteiger partial charge in [0.15, 0.2) is 0 Å². The summed E-state index contributed by atoms with van der Waals surface area (Å²) in [7, 11) is 0. The van der Waals surface area contributed by atoms with Gasteiger partial charge in [-0.05, 0) is 0 Å². The normalized spacial score (nSPS) is 1.50. The first kappa shape index (κ1) is 16.7. The summed E-state index contributed by atoms with van der Waals surface area (Å²) in [6.07, 6.45) is 0. The van der Waals surface area contributed by atoms with Crippen molar-refractivity contribution in [3.05, 3.63) is 6.92 Å². The van der Waals surface area contributed by atoms with Crippen LogP contribution in [0, 0.1) is 6.92 Å². The largest absolute Gasteiger partial charge is 1.00 e. The topological polar surface area (TPSA) is 0 Å². The molecule has 0 rings (SSSR count). The van der Waals surface area contributed by atoms with Crippen LogP contribution in [0.3, 0.4) is 0 Å². The Labute approximate surface area is 77.2 Å². The fourth-order valence-corrected chi connectivity index (χ4v) is 0. The molecule has 0 bridgehead atoms. The van der Waals surface area contributed by atoms with Crippen LogP contribution in [-0.2, 0) is 13.5 Å². The molecule has 22 valence electrons. The molecule has 0 aromatic heterocycles. The average molecular weight is 101 g/mol. The second-order valence-electron chi connectivity index (χ2n) is 0. The Bertz CT molecular complexity index is 6.00. The Kier molecular flexibility index (Phi) is 83.8. The zero-order valence-corrected chi connectivity index (χ0v) is 7.17. The van der Waals surface area contributed by atoms with E-state index in [1.807, 2.05) is 0 Å². The smallest absolute Gasteiger partial charge is 0.813 e. The van der Waals surface area contributed by atoms with Crippen molar-refractivity contribution in [1.29, 1.82) is 0 Å². The van der Waals surface area contributed by atoms with Crippen LogP contribution in [0.25, 0.3) is 0 Å². The fourth-order valence-electron chi connectivity index (χ4n) is 0. The molecule has 0 aliphatic rings. The van der Waals surface area contributed by atoms with Crippen LogP contribution in [0.1, 0.15) is 6.92 Å². The zero-order chi connectivity index (χ0) is 2.00. The van der Waals surface area contributed by atoms with Crippen LogP contribution in [-0.4, -0.2) is 0 Å². The van der Waals surface area contributed by atoms with Crippen LogP contribution < -0.4 is 51.4 Å². The first-order valence-electron chi connectivity index (χ1n) is 0.707. The molecule has 0 fully saturated rings. The molecular weight excluding hydrogens is 95.2 g/mol. The van der Waals surface area contributed by atoms with Gasteiger partial charge in [-0.15, -0.1) is 0 Å². The SMILES string of the molecule is [CH2-]C.[K+].[SH-]. The van der Waals surface area contributed by atoms with Crippen molar-refractivity contribution in [2.45, 2.75) is 6.92 Å². The Hall–Kier alpha value is 1.99. The van der Waals surface area contributed by atoms with Crippen molar-refractivity contribution >= 4 is 13.5 Å². The van der Waals surface area contributed by atoms with Crippen LogP contribution in [0.4, 0.5) is 0 Å². The van der Waals surface area contributed by atoms with Gasteiger partial charge in [0.25, 0.3) is 0 Å². The van der Waals surface area contributed by atoms with Crippen LogP contribution >= 0.6 is 0 Å². The molecule has 0 N–H and O–H groups in total. The molecule has 0 aliphatic carbocycles. The van der Waals surface area contributed by atoms with Gasteiger partial charge in [0.05, 0.1) is 0 Å². The Morgan fingerprint density at radius 2 is 1.25 bits per heavy atom. The maximum absolute atomic E-state index is 3.25. The van der Waals surface area contributed by atoms with E-state index in [-0.39, 0.29) is 64.9 Å². The van der Waals surface area contributed by atoms with Gasteiger partial charge in [-0.2, -0.15) is 6.92 Å². The number of hydrogen-bond donors (Lipinski definition) is 0. The second kappa shape index (κ2) is 20.1. The summed E-state index contributed by atoms with van der Waals surface area (Å²) in [6.45, 7) is 5.00. The van der Waals surface area contributed by atoms with Crippen LogP contribution in [0.2, 0.25) is 0 Å². The molecule has 0 saturated carbocycles. The molecule has 0 spiro atoms. The van der Waals surface area contributed by atoms with Crippen molar-refractivity contribution in [1.82, 2.24) is 0 Å². The van der Waals surface area contributed by atoms with E-state index in [9.17, 15) is 0 Å². The Balaban J connectivity index is -0.00000000500. The first-order chi connectivity index (χ1) is 1.00. The average Bonchev–Trinajstić information content (AvgIpc) is 1.00. The zero-order valence-electron chi connectivity index (χ0n) is 3.15. The summed E-state index contributed by atoms with van der Waals surface area (Å²) >= 11 is 0. The van der Waals surface area contributed by atoms with Gasteiger partial charge < -0.3 is 20.4 Å². The van der Waals surface area contributed by atoms with Crippen molar-refractivity contribution in [3.8, 4) is 0 Å². The molecule has 0 nitrogen and oxygen atoms in total. The van der Waals surface area contributed by atoms with Gasteiger partial charge in [0, 0.05) is 0 Å². The molecular formula is C2H6KS-. The van der Waals surface area contributed by atoms with Crippen LogP contribution in [0.5, 0.6) is 0 Å². The minimum absolute atomic E-state index is 0. The third kappa shape index (κ3) is 9.01. The predicted molar refractivity (Wildman–Crippen MR) is 19.8 cm³/mol. The van der Waals surface area contributed by atoms with E-state index in [0.29, 0.717) is 0 Å². The number of hydrogen-bond acceptors (Lipinski definition) is 1. The van der Waals surface area contributed by atoms with E-state index >= 15 is 0 Å². The molecule has 0 aliphatic heterocycles. The van der Waals surface area contributed by atoms with Gasteiger partial charge >= 0.3 is 51.4 Å². The first-order valence-corrected chi connectivity index (χ1v) is 0.707. The quantitative estimate of drug-likeness (QED) is 0.142. The van der Waals surface area contributed by atoms with E-state index in [2.05, 4.69) is 6.92 Å². The van der Waals surface area contributed by atoms with Crippen molar-refractivity contribution in [2.75, 3.05) is 0 Å². The van der Waals surface area contributed by atoms with E-state index in [0.717, 1.165) is 0 Å². The molecule has 0 aromatic rings. The molecule has 0 unspecified atom stereocenters. The molecule has 0 atom stereocenters. The maximum Gasteiger partial charge on any atom is 1.00 e. The Morgan fingerprint density at radius 3 is 1.25 bits per heavy atom. The van der Waals surface area contributed by atoms with E-state index in [1.165, 1.54) is 0 Å². The van der Waals surface area contributed by atoms with Crippen molar-refractivity contribution < 1.29 is 51.4 Å². The summed E-state index contributed by atoms with van der Waals surface area (Å²) in [6, 6.07) is 0. The Morgan fingerprint density at radius 1 is 1.25 bits per heavy atom. The van der Waals surface area contributed by atoms with E-state index < -0.39 is 0 Å². The van der Waals surface area contributed by atoms with Gasteiger partial charge in [-0.1, -0.05) is 0 Å². The molecule has 4 heavy (non-hydrogen) atoms. The summed E-state index contributed by atoms with van der Waals surface area (Å²) in [5.41, 5.74) is 0. The fraction of sp³-hybridized carbons (Fsp3) is 0.500. The van der Waals surface area contributed by atoms with E-state index in [4.69, 9.17) is 0 Å². The number of thiol groups is 1. The summed E-state index contributed by atoms with van der Waals surface area (Å²) in [5, 5.41) is 0. The van der Waals surface area contributed by atoms with Gasteiger partial charge in [0.1, 0.15) is 0 Å². The van der Waals surface area contributed by atoms with Crippen LogP contribution in [0.15, 0.2) is 0 Å². The van der Waals surface area contributed by atoms with Crippen molar-refractivity contribution in [2.24, 2.45) is 0 Å². The van der Waals surface area contributed by atoms with Gasteiger partial charge in [-0.3, -0.25) is 0 Å². The standard InChI is InChI=1S/C2H5.K.H2S/c1-2;;/h1H2,2H3;;1H2/q-1;+1;/p-1. The number of rotatable bonds is 0. The predicted octanol–water partition coefficient (Wildman–Crippen LogP) is -2.43. The van der Waals surface area contributed by atoms with Gasteiger partial charge in [-0.25, -0.2) is 0 Å². The monoisotopic (exact) mass is 101 g/mol. The van der Waals surface area contributed by atoms with Crippen molar-refractivity contribution in [3.63, 3.8) is 0 Å². The molecule has 0 aromatic carbocycles.